The molecule has 0 aliphatic carbocycles. The molecular weight excluding hydrogens is 393 g/mol. The maximum atomic E-state index is 13.3. The fourth-order valence-electron chi connectivity index (χ4n) is 3.59. The molecule has 27 heavy (non-hydrogen) atoms. The zero-order chi connectivity index (χ0) is 19.7. The van der Waals surface area contributed by atoms with E-state index >= 15 is 0 Å². The summed E-state index contributed by atoms with van der Waals surface area (Å²) in [6.07, 6.45) is 0.132. The maximum Gasteiger partial charge on any atom is 0.215 e. The van der Waals surface area contributed by atoms with Gasteiger partial charge in [-0.25, -0.2) is 25.9 Å². The molecule has 1 N–H and O–H groups in total. The van der Waals surface area contributed by atoms with Crippen LogP contribution in [0.5, 0.6) is 0 Å². The smallest absolute Gasteiger partial charge is 0.215 e. The molecule has 0 aromatic heterocycles. The van der Waals surface area contributed by atoms with Crippen LogP contribution in [0.15, 0.2) is 24.3 Å². The van der Waals surface area contributed by atoms with Gasteiger partial charge < -0.3 is 4.90 Å². The van der Waals surface area contributed by atoms with Crippen molar-refractivity contribution in [2.24, 2.45) is 0 Å². The van der Waals surface area contributed by atoms with Crippen LogP contribution in [0.2, 0.25) is 0 Å². The van der Waals surface area contributed by atoms with Gasteiger partial charge in [0.1, 0.15) is 5.82 Å². The van der Waals surface area contributed by atoms with Crippen molar-refractivity contribution < 1.29 is 21.2 Å². The van der Waals surface area contributed by atoms with Crippen molar-refractivity contribution in [3.05, 3.63) is 35.6 Å². The number of benzene rings is 1. The minimum atomic E-state index is -3.73. The fourth-order valence-corrected chi connectivity index (χ4v) is 7.68. The summed E-state index contributed by atoms with van der Waals surface area (Å²) in [5.41, 5.74) is 0.836. The van der Waals surface area contributed by atoms with Gasteiger partial charge in [0, 0.05) is 38.8 Å². The second kappa shape index (κ2) is 8.12. The first kappa shape index (κ1) is 20.7. The van der Waals surface area contributed by atoms with E-state index in [-0.39, 0.29) is 36.3 Å². The molecule has 0 saturated carbocycles. The highest BCUT2D eigenvalue weighted by Crippen LogP contribution is 2.24. The molecule has 10 heteroatoms. The van der Waals surface area contributed by atoms with E-state index in [0.29, 0.717) is 0 Å². The van der Waals surface area contributed by atoms with Crippen molar-refractivity contribution in [2.75, 3.05) is 51.3 Å². The number of nitrogens with one attached hydrogen (secondary N) is 1. The van der Waals surface area contributed by atoms with Crippen LogP contribution in [-0.4, -0.2) is 83.2 Å². The van der Waals surface area contributed by atoms with Gasteiger partial charge in [-0.15, -0.1) is 0 Å². The fraction of sp³-hybridized carbons (Fsp3) is 0.647. The summed E-state index contributed by atoms with van der Waals surface area (Å²) >= 11 is 0. The van der Waals surface area contributed by atoms with E-state index in [1.165, 1.54) is 12.1 Å². The summed E-state index contributed by atoms with van der Waals surface area (Å²) < 4.78 is 64.3. The highest BCUT2D eigenvalue weighted by Gasteiger charge is 2.37. The lowest BCUT2D eigenvalue weighted by Gasteiger charge is -2.38. The SMILES string of the molecule is CN1CCN([C@H](CNS(=O)(=O)[C@@H]2CCS(=O)(=O)C2)c2ccc(F)cc2)CC1. The Labute approximate surface area is 160 Å². The Bertz CT molecular complexity index is 851. The average Bonchev–Trinajstić information content (AvgIpc) is 2.99. The second-order valence-electron chi connectivity index (χ2n) is 7.33. The lowest BCUT2D eigenvalue weighted by atomic mass is 10.0. The van der Waals surface area contributed by atoms with Crippen LogP contribution in [0.3, 0.4) is 0 Å². The molecule has 2 aliphatic rings. The Balaban J connectivity index is 1.74. The maximum absolute atomic E-state index is 13.3. The van der Waals surface area contributed by atoms with Gasteiger partial charge >= 0.3 is 0 Å². The number of piperazine rings is 1. The molecule has 7 nitrogen and oxygen atoms in total. The van der Waals surface area contributed by atoms with Crippen LogP contribution in [-0.2, 0) is 19.9 Å². The van der Waals surface area contributed by atoms with E-state index in [0.717, 1.165) is 31.7 Å². The molecule has 1 aromatic rings. The lowest BCUT2D eigenvalue weighted by Crippen LogP contribution is -2.49. The molecule has 3 rings (SSSR count). The molecule has 2 saturated heterocycles. The molecule has 2 heterocycles. The van der Waals surface area contributed by atoms with E-state index in [9.17, 15) is 21.2 Å². The molecule has 0 bridgehead atoms. The van der Waals surface area contributed by atoms with Gasteiger partial charge in [0.15, 0.2) is 9.84 Å². The van der Waals surface area contributed by atoms with Crippen molar-refractivity contribution in [3.63, 3.8) is 0 Å². The number of sulfonamides is 1. The molecule has 0 unspecified atom stereocenters. The van der Waals surface area contributed by atoms with Crippen LogP contribution >= 0.6 is 0 Å². The first-order chi connectivity index (χ1) is 12.7. The molecule has 2 atom stereocenters. The zero-order valence-electron chi connectivity index (χ0n) is 15.3. The Morgan fingerprint density at radius 3 is 2.37 bits per heavy atom. The van der Waals surface area contributed by atoms with Crippen LogP contribution in [0.1, 0.15) is 18.0 Å². The number of hydrogen-bond acceptors (Lipinski definition) is 6. The summed E-state index contributed by atoms with van der Waals surface area (Å²) in [4.78, 5) is 4.38. The van der Waals surface area contributed by atoms with Crippen molar-refractivity contribution in [1.29, 1.82) is 0 Å². The molecule has 0 radical (unpaired) electrons. The second-order valence-corrected chi connectivity index (χ2v) is 11.6. The number of halogens is 1. The highest BCUT2D eigenvalue weighted by molar-refractivity contribution is 7.95. The van der Waals surface area contributed by atoms with Crippen molar-refractivity contribution in [1.82, 2.24) is 14.5 Å². The molecular formula is C17H26FN3O4S2. The minimum Gasteiger partial charge on any atom is -0.304 e. The first-order valence-corrected chi connectivity index (χ1v) is 12.4. The quantitative estimate of drug-likeness (QED) is 0.710. The Kier molecular flexibility index (Phi) is 6.21. The summed E-state index contributed by atoms with van der Waals surface area (Å²) in [5, 5.41) is -0.899. The monoisotopic (exact) mass is 419 g/mol. The normalized spacial score (nSPS) is 25.5. The Morgan fingerprint density at radius 2 is 1.81 bits per heavy atom. The molecule has 2 fully saturated rings. The van der Waals surface area contributed by atoms with E-state index in [1.807, 2.05) is 7.05 Å². The van der Waals surface area contributed by atoms with Crippen molar-refractivity contribution >= 4 is 19.9 Å². The molecule has 152 valence electrons. The van der Waals surface area contributed by atoms with Gasteiger partial charge in [-0.2, -0.15) is 0 Å². The molecule has 0 amide bonds. The van der Waals surface area contributed by atoms with Crippen molar-refractivity contribution in [3.8, 4) is 0 Å². The largest absolute Gasteiger partial charge is 0.304 e. The highest BCUT2D eigenvalue weighted by atomic mass is 32.2. The number of sulfone groups is 1. The van der Waals surface area contributed by atoms with E-state index in [4.69, 9.17) is 0 Å². The number of hydrogen-bond donors (Lipinski definition) is 1. The van der Waals surface area contributed by atoms with Gasteiger partial charge in [-0.3, -0.25) is 4.90 Å². The van der Waals surface area contributed by atoms with Crippen LogP contribution in [0.25, 0.3) is 0 Å². The Hall–Kier alpha value is -1.07. The van der Waals surface area contributed by atoms with Gasteiger partial charge in [0.2, 0.25) is 10.0 Å². The number of likely N-dealkylation sites (N-methyl/N-ethyl adjacent to an activating group) is 1. The van der Waals surface area contributed by atoms with Crippen LogP contribution in [0.4, 0.5) is 4.39 Å². The summed E-state index contributed by atoms with van der Waals surface area (Å²) in [7, 11) is -4.97. The van der Waals surface area contributed by atoms with Gasteiger partial charge in [-0.1, -0.05) is 12.1 Å². The zero-order valence-corrected chi connectivity index (χ0v) is 17.0. The Morgan fingerprint density at radius 1 is 1.19 bits per heavy atom. The minimum absolute atomic E-state index is 0.0849. The summed E-state index contributed by atoms with van der Waals surface area (Å²) in [6, 6.07) is 5.86. The number of rotatable bonds is 6. The van der Waals surface area contributed by atoms with Gasteiger partial charge in [0.05, 0.1) is 16.8 Å². The molecule has 1 aromatic carbocycles. The third-order valence-electron chi connectivity index (χ3n) is 5.34. The first-order valence-electron chi connectivity index (χ1n) is 9.03. The van der Waals surface area contributed by atoms with Gasteiger partial charge in [-0.05, 0) is 31.2 Å². The van der Waals surface area contributed by atoms with Gasteiger partial charge in [0.25, 0.3) is 0 Å². The average molecular weight is 420 g/mol. The van der Waals surface area contributed by atoms with E-state index in [2.05, 4.69) is 14.5 Å². The third-order valence-corrected chi connectivity index (χ3v) is 9.17. The topological polar surface area (TPSA) is 86.8 Å². The van der Waals surface area contributed by atoms with Crippen LogP contribution < -0.4 is 4.72 Å². The predicted molar refractivity (Wildman–Crippen MR) is 102 cm³/mol. The standard InChI is InChI=1S/C17H26FN3O4S2/c1-20-7-9-21(10-8-20)17(14-2-4-15(18)5-3-14)12-19-27(24,25)16-6-11-26(22,23)13-16/h2-5,16-17,19H,6-13H2,1H3/t16-,17-/m1/s1. The van der Waals surface area contributed by atoms with Crippen LogP contribution in [0, 0.1) is 5.82 Å². The summed E-state index contributed by atoms with van der Waals surface area (Å²) in [6.45, 7) is 3.42. The predicted octanol–water partition coefficient (Wildman–Crippen LogP) is 0.221. The van der Waals surface area contributed by atoms with E-state index in [1.54, 1.807) is 12.1 Å². The number of nitrogens with zero attached hydrogens (tertiary/aromatic N) is 2. The van der Waals surface area contributed by atoms with E-state index < -0.39 is 25.1 Å². The van der Waals surface area contributed by atoms with Crippen molar-refractivity contribution in [2.45, 2.75) is 17.7 Å². The molecule has 0 spiro atoms. The molecule has 2 aliphatic heterocycles. The summed E-state index contributed by atoms with van der Waals surface area (Å²) in [5.74, 6) is -0.746. The lowest BCUT2D eigenvalue weighted by molar-refractivity contribution is 0.113. The third kappa shape index (κ3) is 5.26.